The van der Waals surface area contributed by atoms with Crippen LogP contribution in [0.3, 0.4) is 0 Å². The minimum Gasteiger partial charge on any atom is -0.465 e. The number of nitrogens with zero attached hydrogens (tertiary/aromatic N) is 4. The van der Waals surface area contributed by atoms with Gasteiger partial charge in [0.25, 0.3) is 5.56 Å². The summed E-state index contributed by atoms with van der Waals surface area (Å²) in [4.78, 5) is 36.5. The Bertz CT molecular complexity index is 1090. The Balaban J connectivity index is 1.53. The monoisotopic (exact) mass is 395 g/mol. The molecule has 152 valence electrons. The number of carbonyl (C=O) groups excluding carboxylic acids is 1. The van der Waals surface area contributed by atoms with Crippen LogP contribution in [0.4, 0.5) is 5.82 Å². The zero-order valence-electron chi connectivity index (χ0n) is 16.7. The summed E-state index contributed by atoms with van der Waals surface area (Å²) in [6.45, 7) is 5.86. The Morgan fingerprint density at radius 3 is 2.97 bits per heavy atom. The molecular weight excluding hydrogens is 370 g/mol. The van der Waals surface area contributed by atoms with E-state index in [4.69, 9.17) is 4.42 Å². The lowest BCUT2D eigenvalue weighted by Crippen LogP contribution is -2.45. The summed E-state index contributed by atoms with van der Waals surface area (Å²) in [5, 5.41) is 2.95. The Morgan fingerprint density at radius 2 is 2.21 bits per heavy atom. The maximum Gasteiger partial charge on any atom is 0.295 e. The van der Waals surface area contributed by atoms with E-state index in [1.54, 1.807) is 10.8 Å². The number of aromatic nitrogens is 3. The number of furan rings is 1. The van der Waals surface area contributed by atoms with E-state index >= 15 is 0 Å². The molecule has 0 saturated carbocycles. The first-order valence-corrected chi connectivity index (χ1v) is 10.0. The normalized spacial score (nSPS) is 16.9. The van der Waals surface area contributed by atoms with E-state index in [9.17, 15) is 9.59 Å². The molecule has 0 aliphatic carbocycles. The van der Waals surface area contributed by atoms with Crippen LogP contribution in [0.2, 0.25) is 0 Å². The second-order valence-corrected chi connectivity index (χ2v) is 7.35. The molecule has 1 unspecified atom stereocenters. The fourth-order valence-corrected chi connectivity index (χ4v) is 3.84. The molecule has 0 spiro atoms. The molecule has 1 amide bonds. The van der Waals surface area contributed by atoms with E-state index in [0.29, 0.717) is 43.2 Å². The number of piperidine rings is 1. The standard InChI is InChI=1S/C21H25N5O3/c1-3-26-18-17(7-4-10-22-18)24-19(21(26)28)25-11-5-6-15(13-25)20(27)23-12-16-9-8-14(2)29-16/h4,7-10,15H,3,5-6,11-13H2,1-2H3,(H,23,27). The third-order valence-electron chi connectivity index (χ3n) is 5.33. The second kappa shape index (κ2) is 8.06. The number of aryl methyl sites for hydroxylation is 2. The van der Waals surface area contributed by atoms with Gasteiger partial charge < -0.3 is 14.6 Å². The summed E-state index contributed by atoms with van der Waals surface area (Å²) in [6, 6.07) is 7.41. The Labute approximate surface area is 168 Å². The molecule has 1 aliphatic heterocycles. The first-order valence-electron chi connectivity index (χ1n) is 10.0. The maximum absolute atomic E-state index is 13.0. The average molecular weight is 395 g/mol. The molecule has 4 rings (SSSR count). The topological polar surface area (TPSA) is 93.3 Å². The molecule has 0 bridgehead atoms. The van der Waals surface area contributed by atoms with Crippen LogP contribution in [-0.4, -0.2) is 33.5 Å². The number of nitrogens with one attached hydrogen (secondary N) is 1. The molecule has 1 atom stereocenters. The van der Waals surface area contributed by atoms with Gasteiger partial charge in [-0.05, 0) is 51.0 Å². The smallest absolute Gasteiger partial charge is 0.295 e. The number of fused-ring (bicyclic) bond motifs is 1. The fourth-order valence-electron chi connectivity index (χ4n) is 3.84. The van der Waals surface area contributed by atoms with Crippen LogP contribution in [-0.2, 0) is 17.9 Å². The van der Waals surface area contributed by atoms with Crippen molar-refractivity contribution in [3.63, 3.8) is 0 Å². The van der Waals surface area contributed by atoms with Crippen LogP contribution >= 0.6 is 0 Å². The summed E-state index contributed by atoms with van der Waals surface area (Å²) < 4.78 is 7.15. The zero-order chi connectivity index (χ0) is 20.4. The van der Waals surface area contributed by atoms with Crippen LogP contribution in [0.15, 0.2) is 39.7 Å². The molecule has 0 radical (unpaired) electrons. The lowest BCUT2D eigenvalue weighted by molar-refractivity contribution is -0.125. The van der Waals surface area contributed by atoms with Crippen molar-refractivity contribution in [1.82, 2.24) is 19.9 Å². The molecule has 1 fully saturated rings. The third-order valence-corrected chi connectivity index (χ3v) is 5.33. The molecule has 4 heterocycles. The number of pyridine rings is 1. The van der Waals surface area contributed by atoms with Gasteiger partial charge in [0.15, 0.2) is 11.5 Å². The van der Waals surface area contributed by atoms with Gasteiger partial charge in [0, 0.05) is 25.8 Å². The average Bonchev–Trinajstić information content (AvgIpc) is 3.17. The lowest BCUT2D eigenvalue weighted by atomic mass is 9.97. The Kier molecular flexibility index (Phi) is 5.33. The second-order valence-electron chi connectivity index (χ2n) is 7.35. The summed E-state index contributed by atoms with van der Waals surface area (Å²) in [5.41, 5.74) is 1.11. The molecule has 8 heteroatoms. The lowest BCUT2D eigenvalue weighted by Gasteiger charge is -2.32. The number of hydrogen-bond acceptors (Lipinski definition) is 6. The van der Waals surface area contributed by atoms with Gasteiger partial charge in [-0.1, -0.05) is 0 Å². The van der Waals surface area contributed by atoms with E-state index in [0.717, 1.165) is 24.4 Å². The number of rotatable bonds is 5. The molecule has 1 N–H and O–H groups in total. The summed E-state index contributed by atoms with van der Waals surface area (Å²) in [5.74, 6) is 1.73. The highest BCUT2D eigenvalue weighted by molar-refractivity contribution is 5.79. The van der Waals surface area contributed by atoms with Crippen LogP contribution in [0.1, 0.15) is 31.3 Å². The van der Waals surface area contributed by atoms with Gasteiger partial charge in [0.1, 0.15) is 17.0 Å². The van der Waals surface area contributed by atoms with E-state index in [2.05, 4.69) is 15.3 Å². The van der Waals surface area contributed by atoms with E-state index < -0.39 is 0 Å². The van der Waals surface area contributed by atoms with Crippen molar-refractivity contribution in [2.75, 3.05) is 18.0 Å². The molecule has 3 aromatic heterocycles. The van der Waals surface area contributed by atoms with Gasteiger partial charge in [0.05, 0.1) is 12.5 Å². The number of anilines is 1. The molecular formula is C21H25N5O3. The first-order chi connectivity index (χ1) is 14.1. The minimum absolute atomic E-state index is 0.0259. The molecule has 3 aromatic rings. The number of carbonyl (C=O) groups is 1. The van der Waals surface area contributed by atoms with Gasteiger partial charge in [-0.2, -0.15) is 0 Å². The Hall–Kier alpha value is -3.16. The quantitative estimate of drug-likeness (QED) is 0.712. The van der Waals surface area contributed by atoms with Crippen molar-refractivity contribution < 1.29 is 9.21 Å². The van der Waals surface area contributed by atoms with E-state index in [1.165, 1.54) is 0 Å². The van der Waals surface area contributed by atoms with Gasteiger partial charge in [-0.25, -0.2) is 9.97 Å². The maximum atomic E-state index is 13.0. The van der Waals surface area contributed by atoms with Gasteiger partial charge >= 0.3 is 0 Å². The minimum atomic E-state index is -0.194. The molecule has 1 aliphatic rings. The Morgan fingerprint density at radius 1 is 1.34 bits per heavy atom. The highest BCUT2D eigenvalue weighted by atomic mass is 16.3. The molecule has 8 nitrogen and oxygen atoms in total. The summed E-state index contributed by atoms with van der Waals surface area (Å²) in [6.07, 6.45) is 3.28. The summed E-state index contributed by atoms with van der Waals surface area (Å²) >= 11 is 0. The SMILES string of the molecule is CCn1c(=O)c(N2CCCC(C(=O)NCc3ccc(C)o3)C2)nc2cccnc21. The number of amides is 1. The van der Waals surface area contributed by atoms with Crippen molar-refractivity contribution in [2.24, 2.45) is 5.92 Å². The summed E-state index contributed by atoms with van der Waals surface area (Å²) in [7, 11) is 0. The van der Waals surface area contributed by atoms with Crippen LogP contribution in [0, 0.1) is 12.8 Å². The predicted octanol–water partition coefficient (Wildman–Crippen LogP) is 2.25. The van der Waals surface area contributed by atoms with Crippen LogP contribution < -0.4 is 15.8 Å². The largest absolute Gasteiger partial charge is 0.465 e. The van der Waals surface area contributed by atoms with Crippen LogP contribution in [0.5, 0.6) is 0 Å². The van der Waals surface area contributed by atoms with Crippen molar-refractivity contribution in [3.8, 4) is 0 Å². The van der Waals surface area contributed by atoms with Crippen LogP contribution in [0.25, 0.3) is 11.2 Å². The van der Waals surface area contributed by atoms with E-state index in [-0.39, 0.29) is 17.4 Å². The van der Waals surface area contributed by atoms with Crippen molar-refractivity contribution in [3.05, 3.63) is 52.3 Å². The predicted molar refractivity (Wildman–Crippen MR) is 110 cm³/mol. The zero-order valence-corrected chi connectivity index (χ0v) is 16.7. The fraction of sp³-hybridized carbons (Fsp3) is 0.429. The van der Waals surface area contributed by atoms with Crippen molar-refractivity contribution in [2.45, 2.75) is 39.8 Å². The highest BCUT2D eigenvalue weighted by Gasteiger charge is 2.28. The molecule has 1 saturated heterocycles. The van der Waals surface area contributed by atoms with E-state index in [1.807, 2.05) is 43.0 Å². The van der Waals surface area contributed by atoms with Gasteiger partial charge in [-0.3, -0.25) is 14.2 Å². The van der Waals surface area contributed by atoms with Gasteiger partial charge in [0.2, 0.25) is 5.91 Å². The van der Waals surface area contributed by atoms with Crippen molar-refractivity contribution >= 4 is 22.9 Å². The third kappa shape index (κ3) is 3.87. The first kappa shape index (κ1) is 19.2. The molecule has 0 aromatic carbocycles. The van der Waals surface area contributed by atoms with Gasteiger partial charge in [-0.15, -0.1) is 0 Å². The van der Waals surface area contributed by atoms with Crippen molar-refractivity contribution in [1.29, 1.82) is 0 Å². The number of hydrogen-bond donors (Lipinski definition) is 1. The molecule has 29 heavy (non-hydrogen) atoms. The highest BCUT2D eigenvalue weighted by Crippen LogP contribution is 2.21.